The molecule has 1 aliphatic rings. The third-order valence-electron chi connectivity index (χ3n) is 3.38. The van der Waals surface area contributed by atoms with E-state index in [0.717, 1.165) is 0 Å². The summed E-state index contributed by atoms with van der Waals surface area (Å²) in [7, 11) is 0. The monoisotopic (exact) mass is 283 g/mol. The molecule has 0 aromatic carbocycles. The summed E-state index contributed by atoms with van der Waals surface area (Å²) in [5.41, 5.74) is 6.31. The molecular formula is C11H14FN5O3. The lowest BCUT2D eigenvalue weighted by Gasteiger charge is -2.12. The number of aromatic nitrogens is 4. The molecule has 0 unspecified atom stereocenters. The highest BCUT2D eigenvalue weighted by molar-refractivity contribution is 5.58. The Balaban J connectivity index is 1.97. The van der Waals surface area contributed by atoms with Gasteiger partial charge in [0.05, 0.1) is 18.0 Å². The van der Waals surface area contributed by atoms with Crippen LogP contribution in [0.2, 0.25) is 0 Å². The lowest BCUT2D eigenvalue weighted by Crippen LogP contribution is -2.28. The molecule has 0 radical (unpaired) electrons. The lowest BCUT2D eigenvalue weighted by atomic mass is 10.1. The van der Waals surface area contributed by atoms with Crippen LogP contribution in [0.25, 0.3) is 5.65 Å². The molecule has 1 saturated heterocycles. The number of nitrogens with zero attached hydrogens (tertiary/aromatic N) is 4. The SMILES string of the molecule is Nc1ncnn2c([C@@H]3O[C@H](CCO)[C@@H](O)[C@H]3F)cnc12. The van der Waals surface area contributed by atoms with E-state index in [0.29, 0.717) is 11.3 Å². The summed E-state index contributed by atoms with van der Waals surface area (Å²) < 4.78 is 21.0. The molecule has 4 atom stereocenters. The molecule has 4 N–H and O–H groups in total. The minimum absolute atomic E-state index is 0.159. The molecule has 108 valence electrons. The van der Waals surface area contributed by atoms with E-state index in [2.05, 4.69) is 15.1 Å². The van der Waals surface area contributed by atoms with Crippen LogP contribution in [0.15, 0.2) is 12.5 Å². The molecule has 3 heterocycles. The first kappa shape index (κ1) is 13.2. The largest absolute Gasteiger partial charge is 0.396 e. The van der Waals surface area contributed by atoms with Gasteiger partial charge in [0.25, 0.3) is 0 Å². The predicted octanol–water partition coefficient (Wildman–Crippen LogP) is -0.772. The van der Waals surface area contributed by atoms with Crippen molar-refractivity contribution in [3.63, 3.8) is 0 Å². The number of aliphatic hydroxyl groups is 2. The van der Waals surface area contributed by atoms with Crippen molar-refractivity contribution in [2.24, 2.45) is 0 Å². The molecule has 1 aliphatic heterocycles. The number of aliphatic hydroxyl groups excluding tert-OH is 2. The van der Waals surface area contributed by atoms with Gasteiger partial charge in [0.15, 0.2) is 17.6 Å². The Morgan fingerprint density at radius 1 is 1.45 bits per heavy atom. The van der Waals surface area contributed by atoms with Gasteiger partial charge in [-0.15, -0.1) is 0 Å². The van der Waals surface area contributed by atoms with Gasteiger partial charge in [0.2, 0.25) is 0 Å². The average molecular weight is 283 g/mol. The van der Waals surface area contributed by atoms with Crippen LogP contribution in [0, 0.1) is 0 Å². The minimum atomic E-state index is -1.62. The van der Waals surface area contributed by atoms with Crippen LogP contribution in [-0.4, -0.2) is 54.8 Å². The Hall–Kier alpha value is -1.84. The first-order chi connectivity index (χ1) is 9.63. The molecule has 0 bridgehead atoms. The zero-order chi connectivity index (χ0) is 14.3. The van der Waals surface area contributed by atoms with Gasteiger partial charge in [-0.1, -0.05) is 0 Å². The number of halogens is 1. The molecule has 0 amide bonds. The van der Waals surface area contributed by atoms with E-state index in [1.54, 1.807) is 0 Å². The minimum Gasteiger partial charge on any atom is -0.396 e. The fraction of sp³-hybridized carbons (Fsp3) is 0.545. The summed E-state index contributed by atoms with van der Waals surface area (Å²) in [4.78, 5) is 7.82. The van der Waals surface area contributed by atoms with Crippen LogP contribution in [0.5, 0.6) is 0 Å². The van der Waals surface area contributed by atoms with E-state index in [1.165, 1.54) is 17.0 Å². The third kappa shape index (κ3) is 1.90. The molecule has 9 heteroatoms. The van der Waals surface area contributed by atoms with E-state index < -0.39 is 24.5 Å². The Morgan fingerprint density at radius 3 is 3.00 bits per heavy atom. The molecule has 1 fully saturated rings. The number of imidazole rings is 1. The highest BCUT2D eigenvalue weighted by Crippen LogP contribution is 2.36. The smallest absolute Gasteiger partial charge is 0.196 e. The van der Waals surface area contributed by atoms with Crippen molar-refractivity contribution >= 4 is 11.5 Å². The number of anilines is 1. The molecular weight excluding hydrogens is 269 g/mol. The molecule has 2 aromatic heterocycles. The number of hydrogen-bond donors (Lipinski definition) is 3. The normalized spacial score (nSPS) is 30.1. The maximum Gasteiger partial charge on any atom is 0.196 e. The number of nitrogens with two attached hydrogens (primary N) is 1. The lowest BCUT2D eigenvalue weighted by molar-refractivity contribution is -0.00589. The number of rotatable bonds is 3. The molecule has 3 rings (SSSR count). The fourth-order valence-corrected chi connectivity index (χ4v) is 2.37. The van der Waals surface area contributed by atoms with Crippen molar-refractivity contribution in [2.75, 3.05) is 12.3 Å². The molecule has 20 heavy (non-hydrogen) atoms. The second-order valence-electron chi connectivity index (χ2n) is 4.61. The fourth-order valence-electron chi connectivity index (χ4n) is 2.37. The second kappa shape index (κ2) is 4.93. The van der Waals surface area contributed by atoms with E-state index in [-0.39, 0.29) is 18.8 Å². The standard InChI is InChI=1S/C11H14FN5O3/c12-7-8(19)6(1-2-18)20-9(7)5-3-14-11-10(13)15-4-16-17(5)11/h3-4,6-9,18-19H,1-2H2,(H2,13,15,16)/t6-,7-,8-,9+/m1/s1. The van der Waals surface area contributed by atoms with Crippen molar-refractivity contribution < 1.29 is 19.3 Å². The molecule has 8 nitrogen and oxygen atoms in total. The van der Waals surface area contributed by atoms with E-state index in [4.69, 9.17) is 15.6 Å². The molecule has 2 aromatic rings. The topological polar surface area (TPSA) is 119 Å². The number of fused-ring (bicyclic) bond motifs is 1. The van der Waals surface area contributed by atoms with E-state index in [9.17, 15) is 9.50 Å². The first-order valence-electron chi connectivity index (χ1n) is 6.16. The Morgan fingerprint density at radius 2 is 2.25 bits per heavy atom. The number of alkyl halides is 1. The average Bonchev–Trinajstić information content (AvgIpc) is 2.97. The summed E-state index contributed by atoms with van der Waals surface area (Å²) in [5, 5.41) is 22.6. The van der Waals surface area contributed by atoms with Gasteiger partial charge in [0, 0.05) is 6.61 Å². The van der Waals surface area contributed by atoms with Crippen molar-refractivity contribution in [1.82, 2.24) is 19.6 Å². The van der Waals surface area contributed by atoms with E-state index >= 15 is 0 Å². The molecule has 0 saturated carbocycles. The summed E-state index contributed by atoms with van der Waals surface area (Å²) in [6.45, 7) is -0.191. The van der Waals surface area contributed by atoms with Gasteiger partial charge in [-0.05, 0) is 6.42 Å². The van der Waals surface area contributed by atoms with E-state index in [1.807, 2.05) is 0 Å². The quantitative estimate of drug-likeness (QED) is 0.676. The van der Waals surface area contributed by atoms with Crippen molar-refractivity contribution in [3.8, 4) is 0 Å². The molecule has 0 spiro atoms. The Labute approximate surface area is 113 Å². The Bertz CT molecular complexity index is 621. The van der Waals surface area contributed by atoms with Crippen LogP contribution >= 0.6 is 0 Å². The zero-order valence-corrected chi connectivity index (χ0v) is 10.4. The van der Waals surface area contributed by atoms with Gasteiger partial charge in [0.1, 0.15) is 18.5 Å². The van der Waals surface area contributed by atoms with Gasteiger partial charge in [-0.25, -0.2) is 18.9 Å². The second-order valence-corrected chi connectivity index (χ2v) is 4.61. The third-order valence-corrected chi connectivity index (χ3v) is 3.38. The highest BCUT2D eigenvalue weighted by atomic mass is 19.1. The summed E-state index contributed by atoms with van der Waals surface area (Å²) in [6.07, 6.45) is -1.90. The summed E-state index contributed by atoms with van der Waals surface area (Å²) in [6, 6.07) is 0. The van der Waals surface area contributed by atoms with Gasteiger partial charge >= 0.3 is 0 Å². The van der Waals surface area contributed by atoms with Crippen molar-refractivity contribution in [3.05, 3.63) is 18.2 Å². The Kier molecular flexibility index (Phi) is 3.24. The van der Waals surface area contributed by atoms with Crippen LogP contribution in [-0.2, 0) is 4.74 Å². The summed E-state index contributed by atoms with van der Waals surface area (Å²) in [5.74, 6) is 0.173. The maximum atomic E-state index is 14.2. The van der Waals surface area contributed by atoms with Crippen LogP contribution in [0.3, 0.4) is 0 Å². The van der Waals surface area contributed by atoms with Crippen LogP contribution < -0.4 is 5.73 Å². The first-order valence-corrected chi connectivity index (χ1v) is 6.16. The van der Waals surface area contributed by atoms with Gasteiger partial charge in [-0.3, -0.25) is 0 Å². The van der Waals surface area contributed by atoms with Gasteiger partial charge < -0.3 is 20.7 Å². The summed E-state index contributed by atoms with van der Waals surface area (Å²) >= 11 is 0. The van der Waals surface area contributed by atoms with Crippen LogP contribution in [0.4, 0.5) is 10.2 Å². The maximum absolute atomic E-state index is 14.2. The van der Waals surface area contributed by atoms with Crippen molar-refractivity contribution in [1.29, 1.82) is 0 Å². The molecule has 0 aliphatic carbocycles. The van der Waals surface area contributed by atoms with Gasteiger partial charge in [-0.2, -0.15) is 5.10 Å². The number of hydrogen-bond acceptors (Lipinski definition) is 7. The number of ether oxygens (including phenoxy) is 1. The number of nitrogen functional groups attached to an aromatic ring is 1. The zero-order valence-electron chi connectivity index (χ0n) is 10.4. The van der Waals surface area contributed by atoms with Crippen LogP contribution in [0.1, 0.15) is 18.2 Å². The highest BCUT2D eigenvalue weighted by Gasteiger charge is 2.45. The van der Waals surface area contributed by atoms with Crippen molar-refractivity contribution in [2.45, 2.75) is 30.9 Å². The predicted molar refractivity (Wildman–Crippen MR) is 65.4 cm³/mol.